The van der Waals surface area contributed by atoms with Crippen LogP contribution >= 0.6 is 0 Å². The number of nitrogens with zero attached hydrogens (tertiary/aromatic N) is 3. The predicted octanol–water partition coefficient (Wildman–Crippen LogP) is 2.03. The lowest BCUT2D eigenvalue weighted by molar-refractivity contribution is 0.0221. The molecule has 2 N–H and O–H groups in total. The summed E-state index contributed by atoms with van der Waals surface area (Å²) in [6.07, 6.45) is 1.87. The van der Waals surface area contributed by atoms with Gasteiger partial charge in [0.25, 0.3) is 5.91 Å². The summed E-state index contributed by atoms with van der Waals surface area (Å²) in [6.45, 7) is 6.68. The molecule has 1 aliphatic rings. The molecule has 1 aliphatic heterocycles. The van der Waals surface area contributed by atoms with Crippen molar-refractivity contribution in [3.05, 3.63) is 47.0 Å². The molecule has 138 valence electrons. The molecular formula is C18H23N5O3. The smallest absolute Gasteiger partial charge is 0.410 e. The van der Waals surface area contributed by atoms with Crippen molar-refractivity contribution in [2.24, 2.45) is 0 Å². The third-order valence-corrected chi connectivity index (χ3v) is 3.96. The van der Waals surface area contributed by atoms with Crippen LogP contribution in [0, 0.1) is 0 Å². The number of hydrogen-bond acceptors (Lipinski definition) is 5. The summed E-state index contributed by atoms with van der Waals surface area (Å²) in [5.41, 5.74) is 2.23. The Bertz CT molecular complexity index is 795. The highest BCUT2D eigenvalue weighted by Gasteiger charge is 2.29. The number of carbonyl (C=O) groups is 2. The summed E-state index contributed by atoms with van der Waals surface area (Å²) < 4.78 is 5.40. The van der Waals surface area contributed by atoms with Crippen molar-refractivity contribution < 1.29 is 14.3 Å². The van der Waals surface area contributed by atoms with E-state index in [1.807, 2.05) is 39.0 Å². The monoisotopic (exact) mass is 357 g/mol. The number of amides is 2. The first-order valence-electron chi connectivity index (χ1n) is 8.55. The van der Waals surface area contributed by atoms with Crippen LogP contribution < -0.4 is 5.32 Å². The number of rotatable bonds is 3. The van der Waals surface area contributed by atoms with E-state index in [4.69, 9.17) is 4.74 Å². The second-order valence-electron chi connectivity index (χ2n) is 7.18. The average molecular weight is 357 g/mol. The Morgan fingerprint density at radius 1 is 1.35 bits per heavy atom. The second-order valence-corrected chi connectivity index (χ2v) is 7.18. The van der Waals surface area contributed by atoms with Crippen LogP contribution in [-0.2, 0) is 24.2 Å². The first-order chi connectivity index (χ1) is 12.3. The fraction of sp³-hybridized carbons (Fsp3) is 0.444. The van der Waals surface area contributed by atoms with Gasteiger partial charge in [-0.05, 0) is 39.3 Å². The van der Waals surface area contributed by atoms with Gasteiger partial charge in [-0.2, -0.15) is 5.10 Å². The normalized spacial score (nSPS) is 13.9. The van der Waals surface area contributed by atoms with E-state index in [2.05, 4.69) is 20.5 Å². The minimum absolute atomic E-state index is 0.251. The van der Waals surface area contributed by atoms with Gasteiger partial charge in [0, 0.05) is 18.3 Å². The summed E-state index contributed by atoms with van der Waals surface area (Å²) in [4.78, 5) is 30.4. The van der Waals surface area contributed by atoms with Crippen LogP contribution in [0.15, 0.2) is 24.4 Å². The van der Waals surface area contributed by atoms with Crippen LogP contribution in [0.4, 0.5) is 4.79 Å². The molecule has 8 nitrogen and oxygen atoms in total. The van der Waals surface area contributed by atoms with Crippen LogP contribution in [0.25, 0.3) is 0 Å². The fourth-order valence-corrected chi connectivity index (χ4v) is 2.75. The Hall–Kier alpha value is -2.90. The lowest BCUT2D eigenvalue weighted by Gasteiger charge is -2.29. The van der Waals surface area contributed by atoms with E-state index in [1.165, 1.54) is 0 Å². The summed E-state index contributed by atoms with van der Waals surface area (Å²) in [5.74, 6) is -0.251. The zero-order valence-electron chi connectivity index (χ0n) is 15.2. The lowest BCUT2D eigenvalue weighted by Crippen LogP contribution is -2.40. The van der Waals surface area contributed by atoms with Crippen molar-refractivity contribution in [3.8, 4) is 0 Å². The van der Waals surface area contributed by atoms with Crippen LogP contribution in [-0.4, -0.2) is 44.2 Å². The third-order valence-electron chi connectivity index (χ3n) is 3.96. The average Bonchev–Trinajstić information content (AvgIpc) is 3.02. The Morgan fingerprint density at radius 3 is 2.85 bits per heavy atom. The molecule has 3 rings (SSSR count). The van der Waals surface area contributed by atoms with Gasteiger partial charge in [-0.1, -0.05) is 6.07 Å². The van der Waals surface area contributed by atoms with Gasteiger partial charge in [-0.25, -0.2) is 4.79 Å². The number of carbonyl (C=O) groups excluding carboxylic acids is 2. The van der Waals surface area contributed by atoms with Crippen molar-refractivity contribution in [1.82, 2.24) is 25.4 Å². The molecule has 0 saturated carbocycles. The van der Waals surface area contributed by atoms with Crippen molar-refractivity contribution in [3.63, 3.8) is 0 Å². The highest BCUT2D eigenvalue weighted by atomic mass is 16.6. The molecule has 0 atom stereocenters. The van der Waals surface area contributed by atoms with Gasteiger partial charge in [0.05, 0.1) is 24.5 Å². The number of H-pyrrole nitrogens is 1. The number of pyridine rings is 1. The largest absolute Gasteiger partial charge is 0.444 e. The van der Waals surface area contributed by atoms with Gasteiger partial charge in [0.15, 0.2) is 5.69 Å². The van der Waals surface area contributed by atoms with Crippen LogP contribution in [0.1, 0.15) is 48.2 Å². The van der Waals surface area contributed by atoms with Gasteiger partial charge in [0.2, 0.25) is 0 Å². The van der Waals surface area contributed by atoms with Gasteiger partial charge in [-0.15, -0.1) is 0 Å². The minimum Gasteiger partial charge on any atom is -0.444 e. The minimum atomic E-state index is -0.540. The van der Waals surface area contributed by atoms with Crippen molar-refractivity contribution >= 4 is 12.0 Å². The van der Waals surface area contributed by atoms with Gasteiger partial charge in [-0.3, -0.25) is 14.9 Å². The lowest BCUT2D eigenvalue weighted by atomic mass is 10.0. The SMILES string of the molecule is CC(C)(C)OC(=O)N1CCc2c(C(=O)NCc3ccccn3)n[nH]c2C1. The molecule has 8 heteroatoms. The molecular weight excluding hydrogens is 334 g/mol. The fourth-order valence-electron chi connectivity index (χ4n) is 2.75. The Balaban J connectivity index is 1.63. The van der Waals surface area contributed by atoms with Gasteiger partial charge in [0.1, 0.15) is 5.60 Å². The Kier molecular flexibility index (Phi) is 4.92. The van der Waals surface area contributed by atoms with Crippen LogP contribution in [0.2, 0.25) is 0 Å². The first kappa shape index (κ1) is 17.9. The van der Waals surface area contributed by atoms with Crippen LogP contribution in [0.5, 0.6) is 0 Å². The predicted molar refractivity (Wildman–Crippen MR) is 94.3 cm³/mol. The molecule has 0 fully saturated rings. The second kappa shape index (κ2) is 7.15. The molecule has 2 aromatic heterocycles. The first-order valence-corrected chi connectivity index (χ1v) is 8.55. The summed E-state index contributed by atoms with van der Waals surface area (Å²) in [6, 6.07) is 5.54. The maximum Gasteiger partial charge on any atom is 0.410 e. The number of fused-ring (bicyclic) bond motifs is 1. The van der Waals surface area contributed by atoms with Crippen molar-refractivity contribution in [2.75, 3.05) is 6.54 Å². The van der Waals surface area contributed by atoms with E-state index < -0.39 is 5.60 Å². The number of nitrogens with one attached hydrogen (secondary N) is 2. The summed E-state index contributed by atoms with van der Waals surface area (Å²) in [7, 11) is 0. The zero-order chi connectivity index (χ0) is 18.7. The van der Waals surface area contributed by atoms with Gasteiger partial charge < -0.3 is 15.0 Å². The maximum atomic E-state index is 12.4. The zero-order valence-corrected chi connectivity index (χ0v) is 15.2. The van der Waals surface area contributed by atoms with Crippen LogP contribution in [0.3, 0.4) is 0 Å². The summed E-state index contributed by atoms with van der Waals surface area (Å²) in [5, 5.41) is 9.85. The molecule has 0 radical (unpaired) electrons. The summed E-state index contributed by atoms with van der Waals surface area (Å²) >= 11 is 0. The van der Waals surface area contributed by atoms with E-state index in [1.54, 1.807) is 11.1 Å². The third kappa shape index (κ3) is 4.19. The molecule has 3 heterocycles. The molecule has 0 aromatic carbocycles. The standard InChI is InChI=1S/C18H23N5O3/c1-18(2,3)26-17(25)23-9-7-13-14(11-23)21-22-15(13)16(24)20-10-12-6-4-5-8-19-12/h4-6,8H,7,9-11H2,1-3H3,(H,20,24)(H,21,22). The number of ether oxygens (including phenoxy) is 1. The van der Waals surface area contributed by atoms with E-state index >= 15 is 0 Å². The molecule has 0 unspecified atom stereocenters. The molecule has 0 saturated heterocycles. The van der Waals surface area contributed by atoms with E-state index in [9.17, 15) is 9.59 Å². The number of hydrogen-bond donors (Lipinski definition) is 2. The highest BCUT2D eigenvalue weighted by Crippen LogP contribution is 2.22. The van der Waals surface area contributed by atoms with E-state index in [0.29, 0.717) is 31.7 Å². The quantitative estimate of drug-likeness (QED) is 0.875. The Labute approximate surface area is 151 Å². The molecule has 26 heavy (non-hydrogen) atoms. The molecule has 0 aliphatic carbocycles. The molecule has 0 spiro atoms. The van der Waals surface area contributed by atoms with Crippen molar-refractivity contribution in [2.45, 2.75) is 45.9 Å². The highest BCUT2D eigenvalue weighted by molar-refractivity contribution is 5.94. The van der Waals surface area contributed by atoms with E-state index in [-0.39, 0.29) is 12.0 Å². The van der Waals surface area contributed by atoms with Gasteiger partial charge >= 0.3 is 6.09 Å². The topological polar surface area (TPSA) is 100 Å². The molecule has 2 aromatic rings. The van der Waals surface area contributed by atoms with E-state index in [0.717, 1.165) is 17.0 Å². The molecule has 0 bridgehead atoms. The number of aromatic nitrogens is 3. The molecule has 2 amide bonds. The number of aromatic amines is 1. The maximum absolute atomic E-state index is 12.4. The Morgan fingerprint density at radius 2 is 2.15 bits per heavy atom. The van der Waals surface area contributed by atoms with Crippen molar-refractivity contribution in [1.29, 1.82) is 0 Å².